The maximum atomic E-state index is 12.3. The highest BCUT2D eigenvalue weighted by molar-refractivity contribution is 7.91. The summed E-state index contributed by atoms with van der Waals surface area (Å²) in [5.41, 5.74) is 5.75. The number of carbonyl (C=O) groups excluding carboxylic acids is 1. The first-order valence-electron chi connectivity index (χ1n) is 6.96. The summed E-state index contributed by atoms with van der Waals surface area (Å²) in [6, 6.07) is -0.175. The number of nitrogens with two attached hydrogens (primary N) is 1. The van der Waals surface area contributed by atoms with Crippen molar-refractivity contribution >= 4 is 15.7 Å². The van der Waals surface area contributed by atoms with Gasteiger partial charge in [0.2, 0.25) is 5.91 Å². The molecule has 0 radical (unpaired) electrons. The van der Waals surface area contributed by atoms with E-state index in [1.54, 1.807) is 11.9 Å². The predicted octanol–water partition coefficient (Wildman–Crippen LogP) is 0.682. The number of hydrogen-bond acceptors (Lipinski definition) is 4. The highest BCUT2D eigenvalue weighted by atomic mass is 32.2. The normalized spacial score (nSPS) is 29.8. The quantitative estimate of drug-likeness (QED) is 0.825. The van der Waals surface area contributed by atoms with Crippen LogP contribution in [0.15, 0.2) is 0 Å². The van der Waals surface area contributed by atoms with E-state index in [9.17, 15) is 13.2 Å². The molecule has 0 saturated heterocycles. The summed E-state index contributed by atoms with van der Waals surface area (Å²) in [5, 5.41) is -0.406. The van der Waals surface area contributed by atoms with E-state index < -0.39 is 15.1 Å². The van der Waals surface area contributed by atoms with E-state index in [2.05, 4.69) is 0 Å². The van der Waals surface area contributed by atoms with Crippen LogP contribution >= 0.6 is 0 Å². The Morgan fingerprint density at radius 1 is 1.32 bits per heavy atom. The second-order valence-electron chi connectivity index (χ2n) is 6.26. The van der Waals surface area contributed by atoms with E-state index >= 15 is 0 Å². The van der Waals surface area contributed by atoms with Crippen molar-refractivity contribution in [3.05, 3.63) is 0 Å². The lowest BCUT2D eigenvalue weighted by Gasteiger charge is -2.39. The summed E-state index contributed by atoms with van der Waals surface area (Å²) in [7, 11) is -1.37. The van der Waals surface area contributed by atoms with Crippen LogP contribution in [0.5, 0.6) is 0 Å². The van der Waals surface area contributed by atoms with Gasteiger partial charge in [-0.25, -0.2) is 8.42 Å². The van der Waals surface area contributed by atoms with Crippen molar-refractivity contribution in [3.8, 4) is 0 Å². The molecule has 0 bridgehead atoms. The minimum absolute atomic E-state index is 0.0113. The number of sulfone groups is 1. The Labute approximate surface area is 115 Å². The zero-order valence-electron chi connectivity index (χ0n) is 11.8. The molecule has 2 saturated carbocycles. The predicted molar refractivity (Wildman–Crippen MR) is 74.4 cm³/mol. The van der Waals surface area contributed by atoms with Gasteiger partial charge in [-0.2, -0.15) is 0 Å². The van der Waals surface area contributed by atoms with Crippen molar-refractivity contribution < 1.29 is 13.2 Å². The summed E-state index contributed by atoms with van der Waals surface area (Å²) in [4.78, 5) is 13.9. The van der Waals surface area contributed by atoms with Crippen LogP contribution in [0.4, 0.5) is 0 Å². The molecule has 5 nitrogen and oxygen atoms in total. The Bertz CT molecular complexity index is 457. The topological polar surface area (TPSA) is 80.5 Å². The molecule has 2 fully saturated rings. The van der Waals surface area contributed by atoms with Gasteiger partial charge in [0.15, 0.2) is 9.84 Å². The molecule has 110 valence electrons. The Hall–Kier alpha value is -0.620. The molecule has 6 heteroatoms. The van der Waals surface area contributed by atoms with Gasteiger partial charge in [-0.05, 0) is 38.5 Å². The maximum absolute atomic E-state index is 12.3. The smallest absolute Gasteiger partial charge is 0.224 e. The highest BCUT2D eigenvalue weighted by Crippen LogP contribution is 2.34. The zero-order chi connectivity index (χ0) is 14.3. The van der Waals surface area contributed by atoms with Crippen molar-refractivity contribution in [1.29, 1.82) is 0 Å². The van der Waals surface area contributed by atoms with Crippen LogP contribution in [0.1, 0.15) is 44.9 Å². The molecule has 2 aliphatic rings. The molecule has 0 aromatic rings. The summed E-state index contributed by atoms with van der Waals surface area (Å²) in [5.74, 6) is -0.0113. The first kappa shape index (κ1) is 14.8. The molecule has 0 heterocycles. The molecule has 0 aromatic carbocycles. The first-order chi connectivity index (χ1) is 8.73. The van der Waals surface area contributed by atoms with E-state index in [4.69, 9.17) is 5.73 Å². The van der Waals surface area contributed by atoms with Gasteiger partial charge in [0.1, 0.15) is 0 Å². The van der Waals surface area contributed by atoms with Crippen LogP contribution in [0.3, 0.4) is 0 Å². The molecule has 0 aromatic heterocycles. The lowest BCUT2D eigenvalue weighted by Crippen LogP contribution is -2.52. The first-order valence-corrected chi connectivity index (χ1v) is 8.92. The number of nitrogens with zero attached hydrogens (tertiary/aromatic N) is 1. The summed E-state index contributed by atoms with van der Waals surface area (Å²) in [6.45, 7) is 0. The molecule has 2 atom stereocenters. The minimum Gasteiger partial charge on any atom is -0.341 e. The SMILES string of the molecule is CN(C(=O)CC1(N)CCC1)C1CCCC1S(C)(=O)=O. The van der Waals surface area contributed by atoms with Crippen LogP contribution < -0.4 is 5.73 Å². The number of rotatable bonds is 4. The second-order valence-corrected chi connectivity index (χ2v) is 8.53. The third-order valence-corrected chi connectivity index (χ3v) is 6.36. The van der Waals surface area contributed by atoms with Crippen molar-refractivity contribution in [3.63, 3.8) is 0 Å². The standard InChI is InChI=1S/C13H24N2O3S/c1-15(12(16)9-13(14)7-4-8-13)10-5-3-6-11(10)19(2,17)18/h10-11H,3-9,14H2,1-2H3. The number of carbonyl (C=O) groups is 1. The van der Waals surface area contributed by atoms with Gasteiger partial charge >= 0.3 is 0 Å². The molecule has 2 N–H and O–H groups in total. The van der Waals surface area contributed by atoms with Crippen LogP contribution in [0, 0.1) is 0 Å². The van der Waals surface area contributed by atoms with Crippen molar-refractivity contribution in [2.75, 3.05) is 13.3 Å². The molecular formula is C13H24N2O3S. The van der Waals surface area contributed by atoms with Gasteiger partial charge in [0.25, 0.3) is 0 Å². The van der Waals surface area contributed by atoms with Crippen LogP contribution in [0.2, 0.25) is 0 Å². The fourth-order valence-corrected chi connectivity index (χ4v) is 4.75. The molecule has 0 aliphatic heterocycles. The molecular weight excluding hydrogens is 264 g/mol. The van der Waals surface area contributed by atoms with Crippen molar-refractivity contribution in [1.82, 2.24) is 4.90 Å². The molecule has 2 unspecified atom stereocenters. The number of amides is 1. The molecule has 19 heavy (non-hydrogen) atoms. The summed E-state index contributed by atoms with van der Waals surface area (Å²) < 4.78 is 23.5. The molecule has 0 spiro atoms. The van der Waals surface area contributed by atoms with Crippen LogP contribution in [-0.2, 0) is 14.6 Å². The third kappa shape index (κ3) is 3.11. The monoisotopic (exact) mass is 288 g/mol. The van der Waals surface area contributed by atoms with E-state index in [1.165, 1.54) is 6.26 Å². The van der Waals surface area contributed by atoms with Crippen molar-refractivity contribution in [2.24, 2.45) is 5.73 Å². The van der Waals surface area contributed by atoms with Gasteiger partial charge in [-0.15, -0.1) is 0 Å². The fourth-order valence-electron chi connectivity index (χ4n) is 3.27. The third-order valence-electron chi connectivity index (χ3n) is 4.71. The van der Waals surface area contributed by atoms with E-state index in [0.29, 0.717) is 12.8 Å². The Balaban J connectivity index is 2.02. The van der Waals surface area contributed by atoms with E-state index in [-0.39, 0.29) is 17.5 Å². The van der Waals surface area contributed by atoms with E-state index in [0.717, 1.165) is 32.1 Å². The lowest BCUT2D eigenvalue weighted by molar-refractivity contribution is -0.133. The Morgan fingerprint density at radius 2 is 1.95 bits per heavy atom. The summed E-state index contributed by atoms with van der Waals surface area (Å²) in [6.07, 6.45) is 6.80. The second kappa shape index (κ2) is 5.05. The number of hydrogen-bond donors (Lipinski definition) is 1. The van der Waals surface area contributed by atoms with Crippen molar-refractivity contribution in [2.45, 2.75) is 61.8 Å². The van der Waals surface area contributed by atoms with Crippen LogP contribution in [0.25, 0.3) is 0 Å². The minimum atomic E-state index is -3.09. The average Bonchev–Trinajstić information content (AvgIpc) is 2.74. The van der Waals surface area contributed by atoms with Gasteiger partial charge in [-0.3, -0.25) is 4.79 Å². The van der Waals surface area contributed by atoms with Gasteiger partial charge in [0.05, 0.1) is 5.25 Å². The van der Waals surface area contributed by atoms with Crippen LogP contribution in [-0.4, -0.2) is 49.4 Å². The zero-order valence-corrected chi connectivity index (χ0v) is 12.6. The maximum Gasteiger partial charge on any atom is 0.224 e. The van der Waals surface area contributed by atoms with Gasteiger partial charge < -0.3 is 10.6 Å². The van der Waals surface area contributed by atoms with Gasteiger partial charge in [0, 0.05) is 31.3 Å². The Morgan fingerprint density at radius 3 is 2.42 bits per heavy atom. The fraction of sp³-hybridized carbons (Fsp3) is 0.923. The molecule has 2 aliphatic carbocycles. The van der Waals surface area contributed by atoms with Gasteiger partial charge in [-0.1, -0.05) is 0 Å². The lowest BCUT2D eigenvalue weighted by atomic mass is 9.75. The molecule has 2 rings (SSSR count). The molecule has 1 amide bonds. The average molecular weight is 288 g/mol. The largest absolute Gasteiger partial charge is 0.341 e. The van der Waals surface area contributed by atoms with E-state index in [1.807, 2.05) is 0 Å². The summed E-state index contributed by atoms with van der Waals surface area (Å²) >= 11 is 0. The Kier molecular flexibility index (Phi) is 3.93. The highest BCUT2D eigenvalue weighted by Gasteiger charge is 2.41.